The molecule has 0 spiro atoms. The Morgan fingerprint density at radius 3 is 2.26 bits per heavy atom. The zero-order valence-electron chi connectivity index (χ0n) is 10.3. The van der Waals surface area contributed by atoms with Crippen LogP contribution in [0.5, 0.6) is 0 Å². The van der Waals surface area contributed by atoms with Crippen LogP contribution in [0.3, 0.4) is 0 Å². The maximum Gasteiger partial charge on any atom is 0.342 e. The molecule has 0 saturated carbocycles. The molecule has 1 fully saturated rings. The molecule has 0 aromatic rings. The van der Waals surface area contributed by atoms with Gasteiger partial charge in [0.25, 0.3) is 0 Å². The Balaban J connectivity index is 2.31. The van der Waals surface area contributed by atoms with Gasteiger partial charge in [-0.05, 0) is 12.8 Å². The average Bonchev–Trinajstić information content (AvgIpc) is 2.39. The molecule has 110 valence electrons. The van der Waals surface area contributed by atoms with Gasteiger partial charge >= 0.3 is 18.1 Å². The van der Waals surface area contributed by atoms with Gasteiger partial charge in [-0.3, -0.25) is 0 Å². The highest BCUT2D eigenvalue weighted by atomic mass is 19.3. The van der Waals surface area contributed by atoms with Crippen LogP contribution in [0.25, 0.3) is 0 Å². The number of ether oxygens (including phenoxy) is 1. The molecule has 0 aromatic heterocycles. The highest BCUT2D eigenvalue weighted by Gasteiger charge is 2.35. The fourth-order valence-corrected chi connectivity index (χ4v) is 1.82. The minimum Gasteiger partial charge on any atom is -0.463 e. The molecule has 7 heteroatoms. The van der Waals surface area contributed by atoms with E-state index < -0.39 is 31.2 Å². The van der Waals surface area contributed by atoms with Crippen LogP contribution in [-0.2, 0) is 4.74 Å². The van der Waals surface area contributed by atoms with Gasteiger partial charge in [0.05, 0.1) is 0 Å². The lowest BCUT2D eigenvalue weighted by Crippen LogP contribution is -2.44. The molecule has 0 atom stereocenters. The van der Waals surface area contributed by atoms with E-state index >= 15 is 0 Å². The monoisotopic (exact) mass is 285 g/mol. The van der Waals surface area contributed by atoms with E-state index in [0.29, 0.717) is 13.1 Å². The van der Waals surface area contributed by atoms with Gasteiger partial charge in [0.1, 0.15) is 6.61 Å². The molecule has 1 rings (SSSR count). The Kier molecular flexibility index (Phi) is 6.27. The molecule has 19 heavy (non-hydrogen) atoms. The summed E-state index contributed by atoms with van der Waals surface area (Å²) in [6, 6.07) is -4.94. The summed E-state index contributed by atoms with van der Waals surface area (Å²) in [5.74, 6) is 0. The van der Waals surface area contributed by atoms with Gasteiger partial charge in [-0.15, -0.1) is 0 Å². The molecule has 0 N–H and O–H groups in total. The van der Waals surface area contributed by atoms with Gasteiger partial charge in [-0.25, -0.2) is 4.90 Å². The average molecular weight is 285 g/mol. The molecule has 0 aliphatic carbocycles. The maximum absolute atomic E-state index is 13.7. The van der Waals surface area contributed by atoms with Crippen molar-refractivity contribution in [1.82, 2.24) is 4.90 Å². The first-order valence-corrected chi connectivity index (χ1v) is 6.05. The summed E-state index contributed by atoms with van der Waals surface area (Å²) in [4.78, 5) is 1.10. The summed E-state index contributed by atoms with van der Waals surface area (Å²) in [5, 5.41) is 0. The molecule has 0 unspecified atom stereocenters. The second kappa shape index (κ2) is 7.47. The lowest BCUT2D eigenvalue weighted by Gasteiger charge is -2.33. The molecule has 1 heterocycles. The largest absolute Gasteiger partial charge is 0.463 e. The number of nitrogens with zero attached hydrogens (tertiary/aromatic N) is 1. The number of alkyl halides is 2. The molecule has 0 amide bonds. The van der Waals surface area contributed by atoms with Crippen LogP contribution in [0.4, 0.5) is 22.0 Å². The topological polar surface area (TPSA) is 12.5 Å². The maximum atomic E-state index is 13.7. The summed E-state index contributed by atoms with van der Waals surface area (Å²) < 4.78 is 66.7. The van der Waals surface area contributed by atoms with Crippen LogP contribution < -0.4 is 0 Å². The third kappa shape index (κ3) is 5.59. The molecular formula is C12H16F5NO. The minimum atomic E-state index is -2.96. The zero-order valence-corrected chi connectivity index (χ0v) is 10.3. The Hall–Kier alpha value is -1.11. The highest BCUT2D eigenvalue weighted by molar-refractivity contribution is 4.90. The summed E-state index contributed by atoms with van der Waals surface area (Å²) in [7, 11) is 0. The second-order valence-electron chi connectivity index (χ2n) is 4.23. The molecule has 2 nitrogen and oxygen atoms in total. The number of halogens is 5. The van der Waals surface area contributed by atoms with Crippen LogP contribution in [0.2, 0.25) is 0 Å². The Morgan fingerprint density at radius 1 is 1.05 bits per heavy atom. The fraction of sp³-hybridized carbons (Fsp3) is 0.667. The van der Waals surface area contributed by atoms with Crippen LogP contribution in [0.1, 0.15) is 25.7 Å². The van der Waals surface area contributed by atoms with Crippen LogP contribution in [0.15, 0.2) is 24.2 Å². The predicted octanol–water partition coefficient (Wildman–Crippen LogP) is 4.06. The van der Waals surface area contributed by atoms with E-state index in [9.17, 15) is 22.0 Å². The van der Waals surface area contributed by atoms with E-state index in [2.05, 4.69) is 4.74 Å². The van der Waals surface area contributed by atoms with E-state index in [-0.39, 0.29) is 0 Å². The van der Waals surface area contributed by atoms with Crippen molar-refractivity contribution >= 4 is 0 Å². The second-order valence-corrected chi connectivity index (χ2v) is 4.23. The molecule has 1 aliphatic rings. The van der Waals surface area contributed by atoms with Gasteiger partial charge in [0.15, 0.2) is 0 Å². The molecule has 0 aromatic carbocycles. The van der Waals surface area contributed by atoms with Crippen LogP contribution >= 0.6 is 0 Å². The number of likely N-dealkylation sites (tertiary alicyclic amines) is 1. The normalized spacial score (nSPS) is 17.7. The smallest absolute Gasteiger partial charge is 0.342 e. The zero-order chi connectivity index (χ0) is 14.3. The van der Waals surface area contributed by atoms with E-state index in [1.807, 2.05) is 0 Å². The first kappa shape index (κ1) is 15.9. The molecular weight excluding hydrogens is 269 g/mol. The van der Waals surface area contributed by atoms with Gasteiger partial charge in [-0.1, -0.05) is 18.6 Å². The van der Waals surface area contributed by atoms with Crippen LogP contribution in [0, 0.1) is 0 Å². The minimum absolute atomic E-state index is 0.349. The molecule has 1 aliphatic heterocycles. The summed E-state index contributed by atoms with van der Waals surface area (Å²) in [6.45, 7) is 0.197. The van der Waals surface area contributed by atoms with Gasteiger partial charge in [0.2, 0.25) is 0 Å². The lowest BCUT2D eigenvalue weighted by atomic mass is 10.1. The van der Waals surface area contributed by atoms with Gasteiger partial charge in [0, 0.05) is 19.5 Å². The lowest BCUT2D eigenvalue weighted by molar-refractivity contribution is -0.149. The summed E-state index contributed by atoms with van der Waals surface area (Å²) in [6.07, 6.45) is 1.55. The van der Waals surface area contributed by atoms with Crippen LogP contribution in [-0.4, -0.2) is 30.6 Å². The first-order chi connectivity index (χ1) is 8.93. The summed E-state index contributed by atoms with van der Waals surface area (Å²) in [5.41, 5.74) is 0. The molecule has 0 bridgehead atoms. The predicted molar refractivity (Wildman–Crippen MR) is 60.4 cm³/mol. The Morgan fingerprint density at radius 2 is 1.68 bits per heavy atom. The summed E-state index contributed by atoms with van der Waals surface area (Å²) >= 11 is 0. The number of hydrogen-bond donors (Lipinski definition) is 0. The van der Waals surface area contributed by atoms with Crippen molar-refractivity contribution in [2.24, 2.45) is 0 Å². The van der Waals surface area contributed by atoms with Crippen molar-refractivity contribution in [2.75, 3.05) is 19.7 Å². The fourth-order valence-electron chi connectivity index (χ4n) is 1.82. The molecule has 0 radical (unpaired) electrons. The number of hydrogen-bond acceptors (Lipinski definition) is 2. The van der Waals surface area contributed by atoms with Crippen molar-refractivity contribution < 1.29 is 26.7 Å². The van der Waals surface area contributed by atoms with E-state index in [1.165, 1.54) is 0 Å². The first-order valence-electron chi connectivity index (χ1n) is 6.05. The van der Waals surface area contributed by atoms with E-state index in [0.717, 1.165) is 36.3 Å². The third-order valence-electron chi connectivity index (χ3n) is 2.80. The highest BCUT2D eigenvalue weighted by Crippen LogP contribution is 2.27. The van der Waals surface area contributed by atoms with Crippen molar-refractivity contribution in [3.63, 3.8) is 0 Å². The quantitative estimate of drug-likeness (QED) is 0.316. The van der Waals surface area contributed by atoms with Gasteiger partial charge < -0.3 is 4.74 Å². The van der Waals surface area contributed by atoms with Crippen molar-refractivity contribution in [3.8, 4) is 0 Å². The Bertz CT molecular complexity index is 333. The van der Waals surface area contributed by atoms with Gasteiger partial charge in [-0.2, -0.15) is 22.0 Å². The number of piperidine rings is 1. The SMILES string of the molecule is FC(F)=C(F)OC/C=C/CC(F)(F)N1CCCCC1. The van der Waals surface area contributed by atoms with Crippen molar-refractivity contribution in [2.45, 2.75) is 31.7 Å². The number of rotatable bonds is 6. The third-order valence-corrected chi connectivity index (χ3v) is 2.80. The van der Waals surface area contributed by atoms with Crippen molar-refractivity contribution in [1.29, 1.82) is 0 Å². The van der Waals surface area contributed by atoms with E-state index in [4.69, 9.17) is 0 Å². The van der Waals surface area contributed by atoms with Crippen molar-refractivity contribution in [3.05, 3.63) is 24.2 Å². The molecule has 1 saturated heterocycles. The Labute approximate surface area is 108 Å². The standard InChI is InChI=1S/C12H16F5NO/c13-10(14)11(15)19-9-5-2-6-12(16,17)18-7-3-1-4-8-18/h2,5H,1,3-4,6-9H2/b5-2+. The van der Waals surface area contributed by atoms with E-state index in [1.54, 1.807) is 0 Å².